The fourth-order valence-corrected chi connectivity index (χ4v) is 3.60. The monoisotopic (exact) mass is 384 g/mol. The first-order valence-electron chi connectivity index (χ1n) is 9.09. The van der Waals surface area contributed by atoms with E-state index >= 15 is 0 Å². The van der Waals surface area contributed by atoms with Gasteiger partial charge in [0.1, 0.15) is 5.75 Å². The number of hydrogen-bond acceptors (Lipinski definition) is 4. The number of hydrogen-bond donors (Lipinski definition) is 1. The van der Waals surface area contributed by atoms with Gasteiger partial charge in [-0.3, -0.25) is 9.69 Å². The molecule has 0 radical (unpaired) electrons. The van der Waals surface area contributed by atoms with E-state index in [1.807, 2.05) is 48.5 Å². The highest BCUT2D eigenvalue weighted by molar-refractivity contribution is 7.99. The van der Waals surface area contributed by atoms with Crippen LogP contribution in [0.25, 0.3) is 0 Å². The van der Waals surface area contributed by atoms with Crippen LogP contribution in [0.1, 0.15) is 25.5 Å². The lowest BCUT2D eigenvalue weighted by atomic mass is 10.1. The van der Waals surface area contributed by atoms with E-state index in [9.17, 15) is 4.79 Å². The van der Waals surface area contributed by atoms with E-state index in [1.165, 1.54) is 0 Å². The normalized spacial score (nSPS) is 11.9. The Hall–Kier alpha value is -2.24. The SMILES string of the molecule is C=CCSc1ccccc1NC(=O)CN(CC)C(C)c1cccc(OC)c1. The third-order valence-corrected chi connectivity index (χ3v) is 5.46. The van der Waals surface area contributed by atoms with E-state index in [1.54, 1.807) is 18.9 Å². The van der Waals surface area contributed by atoms with E-state index < -0.39 is 0 Å². The molecule has 0 spiro atoms. The minimum atomic E-state index is -0.0155. The van der Waals surface area contributed by atoms with Crippen LogP contribution >= 0.6 is 11.8 Å². The Morgan fingerprint density at radius 2 is 2.07 bits per heavy atom. The summed E-state index contributed by atoms with van der Waals surface area (Å²) in [6.45, 7) is 9.04. The Morgan fingerprint density at radius 1 is 1.30 bits per heavy atom. The van der Waals surface area contributed by atoms with Gasteiger partial charge in [-0.05, 0) is 43.3 Å². The molecule has 2 aromatic carbocycles. The number of para-hydroxylation sites is 1. The number of methoxy groups -OCH3 is 1. The standard InChI is InChI=1S/C22H28N2O2S/c1-5-14-27-21-13-8-7-12-20(21)23-22(25)16-24(6-2)17(3)18-10-9-11-19(15-18)26-4/h5,7-13,15,17H,1,6,14,16H2,2-4H3,(H,23,25). The number of anilines is 1. The van der Waals surface area contributed by atoms with Crippen LogP contribution in [-0.4, -0.2) is 36.8 Å². The number of nitrogens with one attached hydrogen (secondary N) is 1. The largest absolute Gasteiger partial charge is 0.497 e. The second-order valence-electron chi connectivity index (χ2n) is 6.16. The molecule has 0 aliphatic heterocycles. The van der Waals surface area contributed by atoms with Crippen molar-refractivity contribution in [2.45, 2.75) is 24.8 Å². The molecule has 0 heterocycles. The average molecular weight is 385 g/mol. The highest BCUT2D eigenvalue weighted by Gasteiger charge is 2.18. The number of nitrogens with zero attached hydrogens (tertiary/aromatic N) is 1. The lowest BCUT2D eigenvalue weighted by Gasteiger charge is -2.28. The number of likely N-dealkylation sites (N-methyl/N-ethyl adjacent to an activating group) is 1. The number of rotatable bonds is 10. The topological polar surface area (TPSA) is 41.6 Å². The van der Waals surface area contributed by atoms with Crippen molar-refractivity contribution in [1.29, 1.82) is 0 Å². The molecule has 1 amide bonds. The van der Waals surface area contributed by atoms with Crippen LogP contribution in [0.4, 0.5) is 5.69 Å². The summed E-state index contributed by atoms with van der Waals surface area (Å²) in [7, 11) is 1.66. The van der Waals surface area contributed by atoms with Gasteiger partial charge in [0, 0.05) is 16.7 Å². The summed E-state index contributed by atoms with van der Waals surface area (Å²) in [4.78, 5) is 15.9. The van der Waals surface area contributed by atoms with Gasteiger partial charge in [-0.2, -0.15) is 0 Å². The first-order valence-corrected chi connectivity index (χ1v) is 10.1. The van der Waals surface area contributed by atoms with Crippen LogP contribution in [-0.2, 0) is 4.79 Å². The van der Waals surface area contributed by atoms with Gasteiger partial charge in [-0.1, -0.05) is 37.3 Å². The fourth-order valence-electron chi connectivity index (χ4n) is 2.85. The van der Waals surface area contributed by atoms with Crippen molar-refractivity contribution >= 4 is 23.4 Å². The van der Waals surface area contributed by atoms with Crippen molar-refractivity contribution in [2.75, 3.05) is 31.3 Å². The highest BCUT2D eigenvalue weighted by Crippen LogP contribution is 2.27. The molecule has 1 atom stereocenters. The van der Waals surface area contributed by atoms with Crippen molar-refractivity contribution in [2.24, 2.45) is 0 Å². The Labute approximate surface area is 166 Å². The van der Waals surface area contributed by atoms with E-state index in [4.69, 9.17) is 4.74 Å². The molecule has 2 aromatic rings. The van der Waals surface area contributed by atoms with Crippen LogP contribution in [0, 0.1) is 0 Å². The number of carbonyl (C=O) groups is 1. The molecule has 4 nitrogen and oxygen atoms in total. The number of amides is 1. The third-order valence-electron chi connectivity index (χ3n) is 4.39. The molecule has 1 N–H and O–H groups in total. The molecule has 0 aromatic heterocycles. The zero-order chi connectivity index (χ0) is 19.6. The van der Waals surface area contributed by atoms with Gasteiger partial charge in [0.05, 0.1) is 19.3 Å². The van der Waals surface area contributed by atoms with Gasteiger partial charge in [-0.25, -0.2) is 0 Å². The maximum Gasteiger partial charge on any atom is 0.238 e. The van der Waals surface area contributed by atoms with E-state index in [0.29, 0.717) is 6.54 Å². The molecular formula is C22H28N2O2S. The van der Waals surface area contributed by atoms with Gasteiger partial charge in [0.25, 0.3) is 0 Å². The first kappa shape index (κ1) is 21.1. The maximum atomic E-state index is 12.7. The zero-order valence-corrected chi connectivity index (χ0v) is 17.1. The van der Waals surface area contributed by atoms with E-state index in [0.717, 1.165) is 34.2 Å². The van der Waals surface area contributed by atoms with Crippen molar-refractivity contribution in [1.82, 2.24) is 4.90 Å². The highest BCUT2D eigenvalue weighted by atomic mass is 32.2. The molecule has 0 saturated carbocycles. The van der Waals surface area contributed by atoms with Crippen LogP contribution in [0.3, 0.4) is 0 Å². The average Bonchev–Trinajstić information content (AvgIpc) is 2.70. The second-order valence-corrected chi connectivity index (χ2v) is 7.22. The predicted octanol–water partition coefficient (Wildman–Crippen LogP) is 4.99. The van der Waals surface area contributed by atoms with Gasteiger partial charge >= 0.3 is 0 Å². The van der Waals surface area contributed by atoms with Crippen molar-refractivity contribution in [3.8, 4) is 5.75 Å². The second kappa shape index (κ2) is 10.8. The molecule has 5 heteroatoms. The van der Waals surface area contributed by atoms with E-state index in [-0.39, 0.29) is 11.9 Å². The third kappa shape index (κ3) is 6.15. The molecule has 0 aliphatic carbocycles. The summed E-state index contributed by atoms with van der Waals surface area (Å²) in [5.41, 5.74) is 1.98. The number of benzene rings is 2. The molecule has 2 rings (SSSR count). The van der Waals surface area contributed by atoms with Gasteiger partial charge < -0.3 is 10.1 Å². The van der Waals surface area contributed by atoms with Gasteiger partial charge in [0.15, 0.2) is 0 Å². The van der Waals surface area contributed by atoms with Crippen LogP contribution in [0.15, 0.2) is 66.1 Å². The smallest absolute Gasteiger partial charge is 0.238 e. The lowest BCUT2D eigenvalue weighted by molar-refractivity contribution is -0.117. The summed E-state index contributed by atoms with van der Waals surface area (Å²) in [5, 5.41) is 3.05. The van der Waals surface area contributed by atoms with Crippen molar-refractivity contribution in [3.05, 3.63) is 66.7 Å². The number of ether oxygens (including phenoxy) is 1. The van der Waals surface area contributed by atoms with Crippen LogP contribution in [0.5, 0.6) is 5.75 Å². The quantitative estimate of drug-likeness (QED) is 0.463. The summed E-state index contributed by atoms with van der Waals surface area (Å²) < 4.78 is 5.32. The van der Waals surface area contributed by atoms with Crippen LogP contribution in [0.2, 0.25) is 0 Å². The molecule has 0 saturated heterocycles. The molecule has 0 aliphatic rings. The Morgan fingerprint density at radius 3 is 2.78 bits per heavy atom. The van der Waals surface area contributed by atoms with Crippen molar-refractivity contribution in [3.63, 3.8) is 0 Å². The predicted molar refractivity (Wildman–Crippen MR) is 115 cm³/mol. The first-order chi connectivity index (χ1) is 13.1. The summed E-state index contributed by atoms with van der Waals surface area (Å²) in [6, 6.07) is 16.0. The Kier molecular flexibility index (Phi) is 8.43. The van der Waals surface area contributed by atoms with Gasteiger partial charge in [-0.15, -0.1) is 18.3 Å². The molecule has 0 bridgehead atoms. The molecule has 27 heavy (non-hydrogen) atoms. The maximum absolute atomic E-state index is 12.7. The fraction of sp³-hybridized carbons (Fsp3) is 0.318. The Bertz CT molecular complexity index is 763. The molecule has 1 unspecified atom stereocenters. The Balaban J connectivity index is 2.05. The number of carbonyl (C=O) groups excluding carboxylic acids is 1. The molecular weight excluding hydrogens is 356 g/mol. The summed E-state index contributed by atoms with van der Waals surface area (Å²) >= 11 is 1.66. The zero-order valence-electron chi connectivity index (χ0n) is 16.3. The molecule has 0 fully saturated rings. The minimum absolute atomic E-state index is 0.0155. The summed E-state index contributed by atoms with van der Waals surface area (Å²) in [6.07, 6.45) is 1.86. The van der Waals surface area contributed by atoms with E-state index in [2.05, 4.69) is 36.7 Å². The summed E-state index contributed by atoms with van der Waals surface area (Å²) in [5.74, 6) is 1.62. The lowest BCUT2D eigenvalue weighted by Crippen LogP contribution is -2.35. The van der Waals surface area contributed by atoms with Crippen molar-refractivity contribution < 1.29 is 9.53 Å². The van der Waals surface area contributed by atoms with Crippen LogP contribution < -0.4 is 10.1 Å². The van der Waals surface area contributed by atoms with Gasteiger partial charge in [0.2, 0.25) is 5.91 Å². The minimum Gasteiger partial charge on any atom is -0.497 e. The molecule has 144 valence electrons. The number of thioether (sulfide) groups is 1.